The molecule has 4 rings (SSSR count). The van der Waals surface area contributed by atoms with Crippen LogP contribution in [-0.4, -0.2) is 11.1 Å². The van der Waals surface area contributed by atoms with Gasteiger partial charge in [-0.25, -0.2) is 0 Å². The first-order valence-electron chi connectivity index (χ1n) is 7.50. The molecule has 1 aromatic carbocycles. The van der Waals surface area contributed by atoms with E-state index in [9.17, 15) is 9.90 Å². The van der Waals surface area contributed by atoms with Gasteiger partial charge in [0, 0.05) is 0 Å². The minimum absolute atomic E-state index is 0.385. The average Bonchev–Trinajstić information content (AvgIpc) is 2.98. The van der Waals surface area contributed by atoms with Crippen molar-refractivity contribution < 1.29 is 9.90 Å². The molecule has 100 valence electrons. The van der Waals surface area contributed by atoms with Crippen LogP contribution >= 0.6 is 0 Å². The van der Waals surface area contributed by atoms with E-state index in [1.54, 1.807) is 0 Å². The summed E-state index contributed by atoms with van der Waals surface area (Å²) in [5.41, 5.74) is 0.958. The zero-order chi connectivity index (χ0) is 13.0. The van der Waals surface area contributed by atoms with Gasteiger partial charge in [-0.05, 0) is 54.9 Å². The SMILES string of the molecule is O=C(O)C1(C2CC2c2ccccc2)CC2CCC1C2. The van der Waals surface area contributed by atoms with E-state index in [4.69, 9.17) is 0 Å². The van der Waals surface area contributed by atoms with Gasteiger partial charge in [0.25, 0.3) is 0 Å². The van der Waals surface area contributed by atoms with Gasteiger partial charge >= 0.3 is 5.97 Å². The van der Waals surface area contributed by atoms with Crippen molar-refractivity contribution in [3.8, 4) is 0 Å². The number of benzene rings is 1. The fraction of sp³-hybridized carbons (Fsp3) is 0.588. The smallest absolute Gasteiger partial charge is 0.310 e. The highest BCUT2D eigenvalue weighted by Crippen LogP contribution is 2.69. The highest BCUT2D eigenvalue weighted by Gasteiger charge is 2.65. The van der Waals surface area contributed by atoms with E-state index in [1.165, 1.54) is 18.4 Å². The summed E-state index contributed by atoms with van der Waals surface area (Å²) < 4.78 is 0. The summed E-state index contributed by atoms with van der Waals surface area (Å²) in [6.45, 7) is 0. The zero-order valence-electron chi connectivity index (χ0n) is 11.1. The van der Waals surface area contributed by atoms with Crippen molar-refractivity contribution in [3.63, 3.8) is 0 Å². The van der Waals surface area contributed by atoms with Crippen molar-refractivity contribution in [2.45, 2.75) is 38.0 Å². The first-order valence-corrected chi connectivity index (χ1v) is 7.50. The Morgan fingerprint density at radius 3 is 2.53 bits per heavy atom. The molecule has 19 heavy (non-hydrogen) atoms. The number of carboxylic acids is 1. The zero-order valence-corrected chi connectivity index (χ0v) is 11.1. The number of aliphatic carboxylic acids is 1. The lowest BCUT2D eigenvalue weighted by Gasteiger charge is -2.34. The standard InChI is InChI=1S/C17H20O2/c18-16(19)17(10-11-6-7-13(17)8-11)15-9-14(15)12-4-2-1-3-5-12/h1-5,11,13-15H,6-10H2,(H,18,19). The molecule has 5 atom stereocenters. The molecule has 0 radical (unpaired) electrons. The number of carboxylic acid groups (broad SMARTS) is 1. The van der Waals surface area contributed by atoms with Crippen LogP contribution in [-0.2, 0) is 4.79 Å². The molecule has 3 aliphatic rings. The van der Waals surface area contributed by atoms with Crippen molar-refractivity contribution >= 4 is 5.97 Å². The molecule has 0 saturated heterocycles. The average molecular weight is 256 g/mol. The fourth-order valence-electron chi connectivity index (χ4n) is 5.08. The van der Waals surface area contributed by atoms with Crippen LogP contribution < -0.4 is 0 Å². The van der Waals surface area contributed by atoms with Crippen LogP contribution in [0, 0.1) is 23.2 Å². The maximum atomic E-state index is 12.0. The van der Waals surface area contributed by atoms with Crippen LogP contribution in [0.5, 0.6) is 0 Å². The van der Waals surface area contributed by atoms with Gasteiger partial charge < -0.3 is 5.11 Å². The molecular formula is C17H20O2. The van der Waals surface area contributed by atoms with Gasteiger partial charge in [-0.15, -0.1) is 0 Å². The third kappa shape index (κ3) is 1.52. The van der Waals surface area contributed by atoms with Gasteiger partial charge in [0.2, 0.25) is 0 Å². The summed E-state index contributed by atoms with van der Waals surface area (Å²) in [6.07, 6.45) is 5.61. The quantitative estimate of drug-likeness (QED) is 0.895. The molecule has 0 heterocycles. The van der Waals surface area contributed by atoms with Crippen LogP contribution in [0.4, 0.5) is 0 Å². The monoisotopic (exact) mass is 256 g/mol. The van der Waals surface area contributed by atoms with Crippen LogP contribution in [0.3, 0.4) is 0 Å². The minimum Gasteiger partial charge on any atom is -0.481 e. The molecule has 0 aliphatic heterocycles. The predicted molar refractivity (Wildman–Crippen MR) is 72.8 cm³/mol. The van der Waals surface area contributed by atoms with E-state index in [0.29, 0.717) is 23.7 Å². The lowest BCUT2D eigenvalue weighted by atomic mass is 9.68. The topological polar surface area (TPSA) is 37.3 Å². The Balaban J connectivity index is 1.63. The molecular weight excluding hydrogens is 236 g/mol. The second kappa shape index (κ2) is 3.84. The Morgan fingerprint density at radius 2 is 1.95 bits per heavy atom. The molecule has 2 nitrogen and oxygen atoms in total. The molecule has 1 aromatic rings. The van der Waals surface area contributed by atoms with Crippen LogP contribution in [0.15, 0.2) is 30.3 Å². The second-order valence-corrected chi connectivity index (χ2v) is 6.79. The van der Waals surface area contributed by atoms with Crippen LogP contribution in [0.2, 0.25) is 0 Å². The number of fused-ring (bicyclic) bond motifs is 2. The van der Waals surface area contributed by atoms with Crippen molar-refractivity contribution in [1.29, 1.82) is 0 Å². The van der Waals surface area contributed by atoms with Crippen LogP contribution in [0.25, 0.3) is 0 Å². The normalized spacial score (nSPS) is 43.4. The van der Waals surface area contributed by atoms with E-state index in [2.05, 4.69) is 24.3 Å². The second-order valence-electron chi connectivity index (χ2n) is 6.79. The Hall–Kier alpha value is -1.31. The summed E-state index contributed by atoms with van der Waals surface area (Å²) in [6, 6.07) is 10.5. The van der Waals surface area contributed by atoms with E-state index in [-0.39, 0.29) is 5.41 Å². The summed E-state index contributed by atoms with van der Waals surface area (Å²) >= 11 is 0. The van der Waals surface area contributed by atoms with Crippen LogP contribution in [0.1, 0.15) is 43.6 Å². The molecule has 2 heteroatoms. The van der Waals surface area contributed by atoms with Gasteiger partial charge in [0.1, 0.15) is 0 Å². The molecule has 3 saturated carbocycles. The third-order valence-electron chi connectivity index (χ3n) is 5.97. The Kier molecular flexibility index (Phi) is 2.33. The summed E-state index contributed by atoms with van der Waals surface area (Å²) in [4.78, 5) is 12.0. The van der Waals surface area contributed by atoms with Crippen molar-refractivity contribution in [2.75, 3.05) is 0 Å². The molecule has 1 N–H and O–H groups in total. The lowest BCUT2D eigenvalue weighted by molar-refractivity contribution is -0.154. The molecule has 3 aliphatic carbocycles. The molecule has 0 aromatic heterocycles. The number of rotatable bonds is 3. The largest absolute Gasteiger partial charge is 0.481 e. The molecule has 0 spiro atoms. The predicted octanol–water partition coefficient (Wildman–Crippen LogP) is 3.68. The number of carbonyl (C=O) groups is 1. The Bertz CT molecular complexity index is 509. The summed E-state index contributed by atoms with van der Waals surface area (Å²) in [5, 5.41) is 9.86. The third-order valence-corrected chi connectivity index (χ3v) is 5.97. The van der Waals surface area contributed by atoms with Crippen molar-refractivity contribution in [1.82, 2.24) is 0 Å². The fourth-order valence-corrected chi connectivity index (χ4v) is 5.08. The van der Waals surface area contributed by atoms with Crippen molar-refractivity contribution in [2.24, 2.45) is 23.2 Å². The van der Waals surface area contributed by atoms with E-state index >= 15 is 0 Å². The van der Waals surface area contributed by atoms with Gasteiger partial charge in [0.15, 0.2) is 0 Å². The maximum Gasteiger partial charge on any atom is 0.310 e. The van der Waals surface area contributed by atoms with Gasteiger partial charge in [-0.1, -0.05) is 36.8 Å². The first kappa shape index (κ1) is 11.5. The summed E-state index contributed by atoms with van der Waals surface area (Å²) in [7, 11) is 0. The van der Waals surface area contributed by atoms with Gasteiger partial charge in [-0.3, -0.25) is 4.79 Å². The molecule has 3 fully saturated rings. The minimum atomic E-state index is -0.511. The van der Waals surface area contributed by atoms with Crippen molar-refractivity contribution in [3.05, 3.63) is 35.9 Å². The molecule has 2 bridgehead atoms. The molecule has 0 amide bonds. The number of hydrogen-bond donors (Lipinski definition) is 1. The van der Waals surface area contributed by atoms with E-state index in [0.717, 1.165) is 19.3 Å². The highest BCUT2D eigenvalue weighted by atomic mass is 16.4. The van der Waals surface area contributed by atoms with Gasteiger partial charge in [0.05, 0.1) is 5.41 Å². The van der Waals surface area contributed by atoms with E-state index < -0.39 is 5.97 Å². The summed E-state index contributed by atoms with van der Waals surface area (Å²) in [5.74, 6) is 1.52. The number of hydrogen-bond acceptors (Lipinski definition) is 1. The highest BCUT2D eigenvalue weighted by molar-refractivity contribution is 5.77. The van der Waals surface area contributed by atoms with E-state index in [1.807, 2.05) is 6.07 Å². The maximum absolute atomic E-state index is 12.0. The Morgan fingerprint density at radius 1 is 1.16 bits per heavy atom. The first-order chi connectivity index (χ1) is 9.22. The van der Waals surface area contributed by atoms with Gasteiger partial charge in [-0.2, -0.15) is 0 Å². The Labute approximate surface area is 113 Å². The lowest BCUT2D eigenvalue weighted by Crippen LogP contribution is -2.39. The molecule has 5 unspecified atom stereocenters.